The maximum Gasteiger partial charge on any atom is 0.119 e. The molecule has 1 N–H and O–H groups in total. The van der Waals surface area contributed by atoms with E-state index in [1.165, 1.54) is 0 Å². The fraction of sp³-hybridized carbons (Fsp3) is 0.0526. The van der Waals surface area contributed by atoms with Crippen molar-refractivity contribution in [1.29, 1.82) is 0 Å². The maximum absolute atomic E-state index is 9.32. The van der Waals surface area contributed by atoms with Gasteiger partial charge in [-0.3, -0.25) is 0 Å². The molecule has 0 atom stereocenters. The van der Waals surface area contributed by atoms with E-state index in [0.29, 0.717) is 6.61 Å². The van der Waals surface area contributed by atoms with E-state index in [0.717, 1.165) is 26.9 Å². The van der Waals surface area contributed by atoms with E-state index in [-0.39, 0.29) is 5.75 Å². The van der Waals surface area contributed by atoms with Crippen LogP contribution in [0.2, 0.25) is 0 Å². The highest BCUT2D eigenvalue weighted by Crippen LogP contribution is 2.24. The number of halogens is 1. The quantitative estimate of drug-likeness (QED) is 0.679. The van der Waals surface area contributed by atoms with Crippen LogP contribution < -0.4 is 4.74 Å². The zero-order valence-electron chi connectivity index (χ0n) is 11.9. The Labute approximate surface area is 138 Å². The molecule has 110 valence electrons. The number of phenolic OH excluding ortho intramolecular Hbond substituents is 1. The van der Waals surface area contributed by atoms with Crippen molar-refractivity contribution in [2.24, 2.45) is 0 Å². The van der Waals surface area contributed by atoms with E-state index in [2.05, 4.69) is 15.9 Å². The van der Waals surface area contributed by atoms with E-state index in [4.69, 9.17) is 4.74 Å². The lowest BCUT2D eigenvalue weighted by atomic mass is 10.1. The number of ether oxygens (including phenoxy) is 1. The zero-order valence-corrected chi connectivity index (χ0v) is 13.5. The molecular weight excluding hydrogens is 340 g/mol. The minimum absolute atomic E-state index is 0.276. The molecule has 0 aliphatic heterocycles. The van der Waals surface area contributed by atoms with Crippen molar-refractivity contribution in [3.8, 4) is 22.6 Å². The lowest BCUT2D eigenvalue weighted by molar-refractivity contribution is 0.306. The summed E-state index contributed by atoms with van der Waals surface area (Å²) in [7, 11) is 0. The Morgan fingerprint density at radius 3 is 1.86 bits per heavy atom. The molecule has 0 aliphatic carbocycles. The minimum Gasteiger partial charge on any atom is -0.508 e. The SMILES string of the molecule is Oc1ccc(-c2ccc(OCc3ccc(Br)cc3)cc2)cc1. The highest BCUT2D eigenvalue weighted by molar-refractivity contribution is 9.10. The number of benzene rings is 3. The molecule has 0 saturated heterocycles. The van der Waals surface area contributed by atoms with Gasteiger partial charge in [0.05, 0.1) is 0 Å². The highest BCUT2D eigenvalue weighted by Gasteiger charge is 2.00. The Kier molecular flexibility index (Phi) is 4.45. The topological polar surface area (TPSA) is 29.5 Å². The van der Waals surface area contributed by atoms with Gasteiger partial charge in [-0.2, -0.15) is 0 Å². The Balaban J connectivity index is 1.66. The Bertz CT molecular complexity index is 732. The molecule has 0 amide bonds. The maximum atomic E-state index is 9.32. The molecule has 0 spiro atoms. The summed E-state index contributed by atoms with van der Waals surface area (Å²) in [5, 5.41) is 9.32. The summed E-state index contributed by atoms with van der Waals surface area (Å²) in [4.78, 5) is 0. The lowest BCUT2D eigenvalue weighted by Crippen LogP contribution is -1.94. The van der Waals surface area contributed by atoms with Crippen molar-refractivity contribution in [2.45, 2.75) is 6.61 Å². The van der Waals surface area contributed by atoms with Gasteiger partial charge in [-0.05, 0) is 53.1 Å². The van der Waals surface area contributed by atoms with Crippen LogP contribution >= 0.6 is 15.9 Å². The first-order chi connectivity index (χ1) is 10.7. The first kappa shape index (κ1) is 14.7. The first-order valence-electron chi connectivity index (χ1n) is 6.97. The van der Waals surface area contributed by atoms with Crippen molar-refractivity contribution in [3.63, 3.8) is 0 Å². The standard InChI is InChI=1S/C19H15BrO2/c20-17-7-1-14(2-8-17)13-22-19-11-5-16(6-12-19)15-3-9-18(21)10-4-15/h1-12,21H,13H2. The van der Waals surface area contributed by atoms with Gasteiger partial charge in [0.25, 0.3) is 0 Å². The molecule has 2 nitrogen and oxygen atoms in total. The van der Waals surface area contributed by atoms with E-state index in [1.807, 2.05) is 60.7 Å². The van der Waals surface area contributed by atoms with Crippen molar-refractivity contribution in [3.05, 3.63) is 82.8 Å². The van der Waals surface area contributed by atoms with Crippen LogP contribution in [0.3, 0.4) is 0 Å². The molecular formula is C19H15BrO2. The van der Waals surface area contributed by atoms with Gasteiger partial charge in [-0.15, -0.1) is 0 Å². The van der Waals surface area contributed by atoms with Gasteiger partial charge in [0.15, 0.2) is 0 Å². The monoisotopic (exact) mass is 354 g/mol. The smallest absolute Gasteiger partial charge is 0.119 e. The third-order valence-corrected chi connectivity index (χ3v) is 3.90. The lowest BCUT2D eigenvalue weighted by Gasteiger charge is -2.08. The fourth-order valence-corrected chi connectivity index (χ4v) is 2.41. The van der Waals surface area contributed by atoms with Gasteiger partial charge in [0.2, 0.25) is 0 Å². The summed E-state index contributed by atoms with van der Waals surface area (Å²) in [5.41, 5.74) is 3.29. The number of aromatic hydroxyl groups is 1. The second-order valence-electron chi connectivity index (χ2n) is 4.99. The molecule has 0 saturated carbocycles. The van der Waals surface area contributed by atoms with Crippen molar-refractivity contribution >= 4 is 15.9 Å². The molecule has 3 aromatic carbocycles. The highest BCUT2D eigenvalue weighted by atomic mass is 79.9. The summed E-state index contributed by atoms with van der Waals surface area (Å²) in [6, 6.07) is 23.2. The predicted molar refractivity (Wildman–Crippen MR) is 92.0 cm³/mol. The van der Waals surface area contributed by atoms with Gasteiger partial charge < -0.3 is 9.84 Å². The summed E-state index contributed by atoms with van der Waals surface area (Å²) in [6.07, 6.45) is 0. The van der Waals surface area contributed by atoms with E-state index in [9.17, 15) is 5.11 Å². The van der Waals surface area contributed by atoms with E-state index >= 15 is 0 Å². The Morgan fingerprint density at radius 2 is 1.27 bits per heavy atom. The molecule has 22 heavy (non-hydrogen) atoms. The molecule has 3 aromatic rings. The largest absolute Gasteiger partial charge is 0.508 e. The number of hydrogen-bond donors (Lipinski definition) is 1. The normalized spacial score (nSPS) is 10.4. The van der Waals surface area contributed by atoms with Gasteiger partial charge in [-0.1, -0.05) is 52.3 Å². The van der Waals surface area contributed by atoms with Crippen molar-refractivity contribution in [1.82, 2.24) is 0 Å². The molecule has 0 aliphatic rings. The summed E-state index contributed by atoms with van der Waals surface area (Å²) in [6.45, 7) is 0.547. The average molecular weight is 355 g/mol. The van der Waals surface area contributed by atoms with Crippen LogP contribution in [0.15, 0.2) is 77.3 Å². The summed E-state index contributed by atoms with van der Waals surface area (Å²) < 4.78 is 6.85. The molecule has 3 rings (SSSR count). The van der Waals surface area contributed by atoms with Crippen LogP contribution in [0.5, 0.6) is 11.5 Å². The first-order valence-corrected chi connectivity index (χ1v) is 7.77. The number of hydrogen-bond acceptors (Lipinski definition) is 2. The van der Waals surface area contributed by atoms with Gasteiger partial charge >= 0.3 is 0 Å². The van der Waals surface area contributed by atoms with Crippen LogP contribution in [-0.2, 0) is 6.61 Å². The zero-order chi connectivity index (χ0) is 15.4. The third-order valence-electron chi connectivity index (χ3n) is 3.37. The average Bonchev–Trinajstić information content (AvgIpc) is 2.56. The Hall–Kier alpha value is -2.26. The van der Waals surface area contributed by atoms with E-state index in [1.54, 1.807) is 12.1 Å². The van der Waals surface area contributed by atoms with Gasteiger partial charge in [0.1, 0.15) is 18.1 Å². The summed E-state index contributed by atoms with van der Waals surface area (Å²) >= 11 is 3.42. The van der Waals surface area contributed by atoms with Crippen molar-refractivity contribution < 1.29 is 9.84 Å². The van der Waals surface area contributed by atoms with Crippen LogP contribution in [0.4, 0.5) is 0 Å². The number of phenols is 1. The van der Waals surface area contributed by atoms with Crippen LogP contribution in [0.1, 0.15) is 5.56 Å². The molecule has 0 radical (unpaired) electrons. The van der Waals surface area contributed by atoms with Crippen LogP contribution in [0.25, 0.3) is 11.1 Å². The fourth-order valence-electron chi connectivity index (χ4n) is 2.14. The second-order valence-corrected chi connectivity index (χ2v) is 5.90. The third kappa shape index (κ3) is 3.68. The van der Waals surface area contributed by atoms with E-state index < -0.39 is 0 Å². The summed E-state index contributed by atoms with van der Waals surface area (Å²) in [5.74, 6) is 1.11. The van der Waals surface area contributed by atoms with Gasteiger partial charge in [-0.25, -0.2) is 0 Å². The Morgan fingerprint density at radius 1 is 0.727 bits per heavy atom. The molecule has 0 aromatic heterocycles. The molecule has 0 heterocycles. The number of rotatable bonds is 4. The van der Waals surface area contributed by atoms with Crippen LogP contribution in [-0.4, -0.2) is 5.11 Å². The second kappa shape index (κ2) is 6.67. The molecule has 3 heteroatoms. The van der Waals surface area contributed by atoms with Crippen molar-refractivity contribution in [2.75, 3.05) is 0 Å². The predicted octanol–water partition coefficient (Wildman–Crippen LogP) is 5.40. The molecule has 0 unspecified atom stereocenters. The molecule has 0 bridgehead atoms. The minimum atomic E-state index is 0.276. The van der Waals surface area contributed by atoms with Gasteiger partial charge in [0, 0.05) is 4.47 Å². The van der Waals surface area contributed by atoms with Crippen LogP contribution in [0, 0.1) is 0 Å². The molecule has 0 fully saturated rings.